The van der Waals surface area contributed by atoms with Crippen molar-refractivity contribution in [2.45, 2.75) is 45.7 Å². The molecule has 2 rings (SSSR count). The summed E-state index contributed by atoms with van der Waals surface area (Å²) in [5.41, 5.74) is 1.34. The van der Waals surface area contributed by atoms with Gasteiger partial charge in [0.05, 0.1) is 6.61 Å². The molecule has 1 saturated carbocycles. The standard InChI is InChI=1S/C15H23NO/c1-4-12-10-15(12)16-11(3)13-6-8-14(9-7-13)17-5-2/h6-9,11-12,15-16H,4-5,10H2,1-3H3. The Morgan fingerprint density at radius 3 is 2.53 bits per heavy atom. The fraction of sp³-hybridized carbons (Fsp3) is 0.600. The van der Waals surface area contributed by atoms with Crippen LogP contribution in [-0.4, -0.2) is 12.6 Å². The van der Waals surface area contributed by atoms with Crippen LogP contribution in [0.4, 0.5) is 0 Å². The van der Waals surface area contributed by atoms with E-state index >= 15 is 0 Å². The van der Waals surface area contributed by atoms with E-state index in [4.69, 9.17) is 4.74 Å². The highest BCUT2D eigenvalue weighted by atomic mass is 16.5. The van der Waals surface area contributed by atoms with Gasteiger partial charge in [-0.3, -0.25) is 0 Å². The Kier molecular flexibility index (Phi) is 4.06. The first kappa shape index (κ1) is 12.4. The van der Waals surface area contributed by atoms with Gasteiger partial charge in [-0.15, -0.1) is 0 Å². The van der Waals surface area contributed by atoms with Crippen molar-refractivity contribution in [2.24, 2.45) is 5.92 Å². The van der Waals surface area contributed by atoms with Gasteiger partial charge >= 0.3 is 0 Å². The largest absolute Gasteiger partial charge is 0.494 e. The highest BCUT2D eigenvalue weighted by Crippen LogP contribution is 2.35. The summed E-state index contributed by atoms with van der Waals surface area (Å²) in [7, 11) is 0. The topological polar surface area (TPSA) is 21.3 Å². The lowest BCUT2D eigenvalue weighted by atomic mass is 10.1. The second kappa shape index (κ2) is 5.54. The molecule has 1 aromatic carbocycles. The van der Waals surface area contributed by atoms with Gasteiger partial charge in [-0.1, -0.05) is 25.5 Å². The number of hydrogen-bond donors (Lipinski definition) is 1. The van der Waals surface area contributed by atoms with E-state index in [1.165, 1.54) is 18.4 Å². The first-order valence-electron chi connectivity index (χ1n) is 6.73. The van der Waals surface area contributed by atoms with Crippen molar-refractivity contribution in [1.82, 2.24) is 5.32 Å². The molecule has 0 saturated heterocycles. The third-order valence-electron chi connectivity index (χ3n) is 3.60. The number of benzene rings is 1. The summed E-state index contributed by atoms with van der Waals surface area (Å²) in [5, 5.41) is 3.68. The molecule has 0 amide bonds. The minimum atomic E-state index is 0.437. The zero-order chi connectivity index (χ0) is 12.3. The maximum atomic E-state index is 5.45. The van der Waals surface area contributed by atoms with Crippen LogP contribution in [0.25, 0.3) is 0 Å². The predicted octanol–water partition coefficient (Wildman–Crippen LogP) is 3.53. The van der Waals surface area contributed by atoms with Crippen LogP contribution in [0.3, 0.4) is 0 Å². The molecule has 0 spiro atoms. The molecule has 0 bridgehead atoms. The first-order valence-corrected chi connectivity index (χ1v) is 6.73. The van der Waals surface area contributed by atoms with Crippen LogP contribution < -0.4 is 10.1 Å². The molecule has 0 radical (unpaired) electrons. The quantitative estimate of drug-likeness (QED) is 0.811. The Bertz CT molecular complexity index is 346. The SMILES string of the molecule is CCOc1ccc(C(C)NC2CC2CC)cc1. The molecular weight excluding hydrogens is 210 g/mol. The Labute approximate surface area is 104 Å². The summed E-state index contributed by atoms with van der Waals surface area (Å²) in [6.07, 6.45) is 2.64. The fourth-order valence-corrected chi connectivity index (χ4v) is 2.34. The van der Waals surface area contributed by atoms with Gasteiger partial charge < -0.3 is 10.1 Å². The molecule has 0 heterocycles. The molecule has 0 aliphatic heterocycles. The summed E-state index contributed by atoms with van der Waals surface area (Å²) in [5.74, 6) is 1.86. The fourth-order valence-electron chi connectivity index (χ4n) is 2.34. The van der Waals surface area contributed by atoms with E-state index in [-0.39, 0.29) is 0 Å². The number of nitrogens with one attached hydrogen (secondary N) is 1. The summed E-state index contributed by atoms with van der Waals surface area (Å²) >= 11 is 0. The van der Waals surface area contributed by atoms with E-state index in [1.807, 2.05) is 6.92 Å². The second-order valence-corrected chi connectivity index (χ2v) is 4.90. The van der Waals surface area contributed by atoms with Gasteiger partial charge in [-0.25, -0.2) is 0 Å². The van der Waals surface area contributed by atoms with Crippen LogP contribution >= 0.6 is 0 Å². The monoisotopic (exact) mass is 233 g/mol. The third-order valence-corrected chi connectivity index (χ3v) is 3.60. The van der Waals surface area contributed by atoms with Crippen molar-refractivity contribution in [3.63, 3.8) is 0 Å². The van der Waals surface area contributed by atoms with Crippen molar-refractivity contribution < 1.29 is 4.74 Å². The molecule has 1 aliphatic rings. The maximum absolute atomic E-state index is 5.45. The summed E-state index contributed by atoms with van der Waals surface area (Å²) in [4.78, 5) is 0. The summed E-state index contributed by atoms with van der Waals surface area (Å²) in [6, 6.07) is 9.61. The average molecular weight is 233 g/mol. The van der Waals surface area contributed by atoms with Gasteiger partial charge in [-0.2, -0.15) is 0 Å². The van der Waals surface area contributed by atoms with Crippen LogP contribution in [0, 0.1) is 5.92 Å². The minimum absolute atomic E-state index is 0.437. The van der Waals surface area contributed by atoms with Crippen LogP contribution in [0.1, 0.15) is 45.2 Å². The van der Waals surface area contributed by atoms with Gasteiger partial charge in [0.15, 0.2) is 0 Å². The summed E-state index contributed by atoms with van der Waals surface area (Å²) < 4.78 is 5.45. The molecule has 1 fully saturated rings. The lowest BCUT2D eigenvalue weighted by molar-refractivity contribution is 0.340. The molecule has 1 aromatic rings. The average Bonchev–Trinajstić information content (AvgIpc) is 3.09. The van der Waals surface area contributed by atoms with Crippen molar-refractivity contribution in [2.75, 3.05) is 6.61 Å². The van der Waals surface area contributed by atoms with Crippen LogP contribution in [0.2, 0.25) is 0 Å². The molecule has 3 unspecified atom stereocenters. The zero-order valence-corrected chi connectivity index (χ0v) is 11.1. The normalized spacial score (nSPS) is 24.4. The van der Waals surface area contributed by atoms with E-state index < -0.39 is 0 Å². The number of hydrogen-bond acceptors (Lipinski definition) is 2. The van der Waals surface area contributed by atoms with Crippen molar-refractivity contribution >= 4 is 0 Å². The van der Waals surface area contributed by atoms with Gasteiger partial charge in [0.1, 0.15) is 5.75 Å². The molecule has 2 heteroatoms. The zero-order valence-electron chi connectivity index (χ0n) is 11.1. The van der Waals surface area contributed by atoms with E-state index in [2.05, 4.69) is 43.4 Å². The Hall–Kier alpha value is -1.02. The number of ether oxygens (including phenoxy) is 1. The Balaban J connectivity index is 1.88. The van der Waals surface area contributed by atoms with Crippen LogP contribution in [0.5, 0.6) is 5.75 Å². The van der Waals surface area contributed by atoms with Crippen molar-refractivity contribution in [3.05, 3.63) is 29.8 Å². The molecule has 94 valence electrons. The molecule has 2 nitrogen and oxygen atoms in total. The molecule has 1 aliphatic carbocycles. The van der Waals surface area contributed by atoms with Crippen LogP contribution in [-0.2, 0) is 0 Å². The van der Waals surface area contributed by atoms with Crippen molar-refractivity contribution in [1.29, 1.82) is 0 Å². The molecule has 3 atom stereocenters. The van der Waals surface area contributed by atoms with E-state index in [9.17, 15) is 0 Å². The molecular formula is C15H23NO. The minimum Gasteiger partial charge on any atom is -0.494 e. The van der Waals surface area contributed by atoms with E-state index in [1.54, 1.807) is 0 Å². The summed E-state index contributed by atoms with van der Waals surface area (Å²) in [6.45, 7) is 7.25. The first-order chi connectivity index (χ1) is 8.24. The Morgan fingerprint density at radius 2 is 2.00 bits per heavy atom. The Morgan fingerprint density at radius 1 is 1.29 bits per heavy atom. The van der Waals surface area contributed by atoms with E-state index in [0.717, 1.165) is 24.3 Å². The van der Waals surface area contributed by atoms with Crippen LogP contribution in [0.15, 0.2) is 24.3 Å². The lowest BCUT2D eigenvalue weighted by Gasteiger charge is -2.14. The molecule has 1 N–H and O–H groups in total. The van der Waals surface area contributed by atoms with Crippen molar-refractivity contribution in [3.8, 4) is 5.75 Å². The predicted molar refractivity (Wildman–Crippen MR) is 71.3 cm³/mol. The smallest absolute Gasteiger partial charge is 0.119 e. The van der Waals surface area contributed by atoms with Gasteiger partial charge in [0.25, 0.3) is 0 Å². The number of rotatable bonds is 6. The highest BCUT2D eigenvalue weighted by Gasteiger charge is 2.35. The van der Waals surface area contributed by atoms with Gasteiger partial charge in [-0.05, 0) is 43.9 Å². The highest BCUT2D eigenvalue weighted by molar-refractivity contribution is 5.29. The van der Waals surface area contributed by atoms with E-state index in [0.29, 0.717) is 6.04 Å². The van der Waals surface area contributed by atoms with Gasteiger partial charge in [0, 0.05) is 12.1 Å². The van der Waals surface area contributed by atoms with Gasteiger partial charge in [0.2, 0.25) is 0 Å². The molecule has 17 heavy (non-hydrogen) atoms. The maximum Gasteiger partial charge on any atom is 0.119 e. The molecule has 0 aromatic heterocycles. The second-order valence-electron chi connectivity index (χ2n) is 4.90. The lowest BCUT2D eigenvalue weighted by Crippen LogP contribution is -2.22. The third kappa shape index (κ3) is 3.22.